The maximum atomic E-state index is 12.6. The number of esters is 1. The molecule has 4 rings (SSSR count). The first-order chi connectivity index (χ1) is 18.9. The SMILES string of the molecule is COC(=O)COc1c(Br)cc(/C=N\NC(=O)c2ccc(-c3csc(Nc4ccc(C)cc4)n3)cc2)cc1OC. The van der Waals surface area contributed by atoms with Crippen molar-refractivity contribution < 1.29 is 23.8 Å². The molecule has 11 heteroatoms. The normalized spacial score (nSPS) is 10.8. The number of anilines is 2. The highest BCUT2D eigenvalue weighted by Gasteiger charge is 2.14. The summed E-state index contributed by atoms with van der Waals surface area (Å²) in [5.41, 5.74) is 7.50. The lowest BCUT2D eigenvalue weighted by molar-refractivity contribution is -0.142. The van der Waals surface area contributed by atoms with Crippen molar-refractivity contribution in [1.29, 1.82) is 0 Å². The second-order valence-electron chi connectivity index (χ2n) is 8.20. The monoisotopic (exact) mass is 608 g/mol. The number of nitrogens with one attached hydrogen (secondary N) is 2. The van der Waals surface area contributed by atoms with E-state index in [1.165, 1.54) is 37.3 Å². The molecule has 9 nitrogen and oxygen atoms in total. The van der Waals surface area contributed by atoms with Crippen LogP contribution in [-0.2, 0) is 9.53 Å². The molecule has 2 N–H and O–H groups in total. The average molecular weight is 610 g/mol. The van der Waals surface area contributed by atoms with Crippen molar-refractivity contribution in [3.63, 3.8) is 0 Å². The second kappa shape index (κ2) is 13.0. The first-order valence-corrected chi connectivity index (χ1v) is 13.3. The molecular weight excluding hydrogens is 584 g/mol. The molecule has 0 radical (unpaired) electrons. The van der Waals surface area contributed by atoms with Crippen molar-refractivity contribution in [1.82, 2.24) is 10.4 Å². The Morgan fingerprint density at radius 1 is 1.08 bits per heavy atom. The summed E-state index contributed by atoms with van der Waals surface area (Å²) in [5, 5.41) is 10.1. The number of amides is 1. The molecule has 39 heavy (non-hydrogen) atoms. The molecule has 0 saturated heterocycles. The van der Waals surface area contributed by atoms with Crippen LogP contribution in [0.15, 0.2) is 75.6 Å². The minimum Gasteiger partial charge on any atom is -0.493 e. The van der Waals surface area contributed by atoms with Gasteiger partial charge in [0, 0.05) is 22.2 Å². The third-order valence-electron chi connectivity index (χ3n) is 5.44. The number of methoxy groups -OCH3 is 2. The standard InChI is InChI=1S/C28H25BrN4O5S/c1-17-4-10-21(11-5-17)31-28-32-23(16-39-28)19-6-8-20(9-7-19)27(35)33-30-14-18-12-22(29)26(24(13-18)36-2)38-15-25(34)37-3/h4-14,16H,15H2,1-3H3,(H,31,32)(H,33,35)/b30-14-. The molecule has 0 fully saturated rings. The molecule has 0 unspecified atom stereocenters. The Bertz CT molecular complexity index is 1490. The Balaban J connectivity index is 1.36. The number of aryl methyl sites for hydroxylation is 1. The van der Waals surface area contributed by atoms with Crippen LogP contribution in [0.25, 0.3) is 11.3 Å². The van der Waals surface area contributed by atoms with Crippen molar-refractivity contribution in [2.75, 3.05) is 26.1 Å². The smallest absolute Gasteiger partial charge is 0.343 e. The van der Waals surface area contributed by atoms with Crippen molar-refractivity contribution in [3.05, 3.63) is 87.2 Å². The van der Waals surface area contributed by atoms with Gasteiger partial charge >= 0.3 is 5.97 Å². The molecule has 0 aliphatic heterocycles. The number of hydrogen-bond donors (Lipinski definition) is 2. The van der Waals surface area contributed by atoms with Crippen LogP contribution >= 0.6 is 27.3 Å². The summed E-state index contributed by atoms with van der Waals surface area (Å²) in [6.45, 7) is 1.78. The van der Waals surface area contributed by atoms with Crippen molar-refractivity contribution >= 4 is 56.2 Å². The van der Waals surface area contributed by atoms with Crippen LogP contribution in [0, 0.1) is 6.92 Å². The van der Waals surface area contributed by atoms with Crippen LogP contribution in [0.4, 0.5) is 10.8 Å². The maximum absolute atomic E-state index is 12.6. The fraction of sp³-hybridized carbons (Fsp3) is 0.143. The van der Waals surface area contributed by atoms with E-state index in [1.54, 1.807) is 24.3 Å². The highest BCUT2D eigenvalue weighted by molar-refractivity contribution is 9.10. The van der Waals surface area contributed by atoms with Crippen LogP contribution in [0.2, 0.25) is 0 Å². The summed E-state index contributed by atoms with van der Waals surface area (Å²) in [6, 6.07) is 18.6. The van der Waals surface area contributed by atoms with Crippen molar-refractivity contribution in [3.8, 4) is 22.8 Å². The zero-order valence-electron chi connectivity index (χ0n) is 21.4. The number of ether oxygens (including phenoxy) is 3. The molecule has 0 atom stereocenters. The van der Waals surface area contributed by atoms with Gasteiger partial charge in [0.1, 0.15) is 0 Å². The molecule has 0 aliphatic rings. The summed E-state index contributed by atoms with van der Waals surface area (Å²) in [6.07, 6.45) is 1.47. The highest BCUT2D eigenvalue weighted by atomic mass is 79.9. The van der Waals surface area contributed by atoms with Crippen LogP contribution in [-0.4, -0.2) is 43.9 Å². The fourth-order valence-corrected chi connectivity index (χ4v) is 4.70. The Morgan fingerprint density at radius 3 is 2.51 bits per heavy atom. The summed E-state index contributed by atoms with van der Waals surface area (Å²) in [4.78, 5) is 28.6. The number of nitrogens with zero attached hydrogens (tertiary/aromatic N) is 2. The first-order valence-electron chi connectivity index (χ1n) is 11.7. The second-order valence-corrected chi connectivity index (χ2v) is 9.92. The molecule has 1 aromatic heterocycles. The Labute approximate surface area is 238 Å². The van der Waals surface area contributed by atoms with Gasteiger partial charge in [-0.15, -0.1) is 11.3 Å². The molecule has 3 aromatic carbocycles. The number of carbonyl (C=O) groups is 2. The average Bonchev–Trinajstić information content (AvgIpc) is 3.41. The van der Waals surface area contributed by atoms with Crippen LogP contribution in [0.5, 0.6) is 11.5 Å². The van der Waals surface area contributed by atoms with Gasteiger partial charge in [-0.25, -0.2) is 15.2 Å². The van der Waals surface area contributed by atoms with Gasteiger partial charge in [0.05, 0.1) is 30.6 Å². The summed E-state index contributed by atoms with van der Waals surface area (Å²) in [7, 11) is 2.76. The summed E-state index contributed by atoms with van der Waals surface area (Å²) < 4.78 is 16.0. The molecule has 0 spiro atoms. The van der Waals surface area contributed by atoms with Crippen LogP contribution in [0.1, 0.15) is 21.5 Å². The first kappa shape index (κ1) is 27.8. The van der Waals surface area contributed by atoms with E-state index in [1.807, 2.05) is 48.7 Å². The molecule has 0 bridgehead atoms. The number of hydrazone groups is 1. The zero-order chi connectivity index (χ0) is 27.8. The van der Waals surface area contributed by atoms with Gasteiger partial charge in [-0.2, -0.15) is 5.10 Å². The molecule has 0 aliphatic carbocycles. The lowest BCUT2D eigenvalue weighted by Gasteiger charge is -2.12. The lowest BCUT2D eigenvalue weighted by Crippen LogP contribution is -2.17. The summed E-state index contributed by atoms with van der Waals surface area (Å²) in [5.74, 6) is -0.142. The van der Waals surface area contributed by atoms with Gasteiger partial charge in [-0.3, -0.25) is 4.79 Å². The van der Waals surface area contributed by atoms with E-state index in [0.29, 0.717) is 27.1 Å². The number of halogens is 1. The van der Waals surface area contributed by atoms with E-state index in [0.717, 1.165) is 22.1 Å². The predicted octanol–water partition coefficient (Wildman–Crippen LogP) is 5.95. The number of thiazole rings is 1. The molecule has 1 heterocycles. The van der Waals surface area contributed by atoms with Crippen LogP contribution in [0.3, 0.4) is 0 Å². The number of benzene rings is 3. The highest BCUT2D eigenvalue weighted by Crippen LogP contribution is 2.36. The van der Waals surface area contributed by atoms with Gasteiger partial charge in [0.25, 0.3) is 5.91 Å². The zero-order valence-corrected chi connectivity index (χ0v) is 23.8. The minimum absolute atomic E-state index is 0.262. The third-order valence-corrected chi connectivity index (χ3v) is 6.79. The molecule has 4 aromatic rings. The Morgan fingerprint density at radius 2 is 1.82 bits per heavy atom. The van der Waals surface area contributed by atoms with E-state index >= 15 is 0 Å². The van der Waals surface area contributed by atoms with E-state index in [9.17, 15) is 9.59 Å². The number of carbonyl (C=O) groups excluding carboxylic acids is 2. The Kier molecular flexibility index (Phi) is 9.29. The van der Waals surface area contributed by atoms with E-state index < -0.39 is 5.97 Å². The van der Waals surface area contributed by atoms with E-state index in [4.69, 9.17) is 9.47 Å². The number of hydrogen-bond acceptors (Lipinski definition) is 9. The topological polar surface area (TPSA) is 111 Å². The third kappa shape index (κ3) is 7.43. The van der Waals surface area contributed by atoms with Crippen LogP contribution < -0.4 is 20.2 Å². The number of aromatic nitrogens is 1. The van der Waals surface area contributed by atoms with Gasteiger partial charge in [-0.1, -0.05) is 29.8 Å². The van der Waals surface area contributed by atoms with Gasteiger partial charge in [0.2, 0.25) is 0 Å². The molecule has 200 valence electrons. The fourth-order valence-electron chi connectivity index (χ4n) is 3.39. The van der Waals surface area contributed by atoms with Gasteiger partial charge in [-0.05, 0) is 64.8 Å². The quantitative estimate of drug-likeness (QED) is 0.130. The van der Waals surface area contributed by atoms with Crippen molar-refractivity contribution in [2.24, 2.45) is 5.10 Å². The largest absolute Gasteiger partial charge is 0.493 e. The molecule has 1 amide bonds. The van der Waals surface area contributed by atoms with Crippen molar-refractivity contribution in [2.45, 2.75) is 6.92 Å². The van der Waals surface area contributed by atoms with E-state index in [-0.39, 0.29) is 12.5 Å². The summed E-state index contributed by atoms with van der Waals surface area (Å²) >= 11 is 4.91. The lowest BCUT2D eigenvalue weighted by atomic mass is 10.1. The van der Waals surface area contributed by atoms with Gasteiger partial charge < -0.3 is 19.5 Å². The maximum Gasteiger partial charge on any atom is 0.343 e. The molecule has 0 saturated carbocycles. The minimum atomic E-state index is -0.517. The number of rotatable bonds is 10. The van der Waals surface area contributed by atoms with E-state index in [2.05, 4.69) is 41.5 Å². The van der Waals surface area contributed by atoms with Gasteiger partial charge in [0.15, 0.2) is 23.2 Å². The molecular formula is C28H25BrN4O5S. The Hall–Kier alpha value is -4.22. The predicted molar refractivity (Wildman–Crippen MR) is 155 cm³/mol.